The highest BCUT2D eigenvalue weighted by Crippen LogP contribution is 2.28. The summed E-state index contributed by atoms with van der Waals surface area (Å²) in [7, 11) is 0. The molecule has 0 saturated carbocycles. The molecule has 3 rings (SSSR count). The van der Waals surface area contributed by atoms with Crippen LogP contribution in [0.1, 0.15) is 12.8 Å². The molecule has 0 radical (unpaired) electrons. The molecule has 0 aromatic heterocycles. The summed E-state index contributed by atoms with van der Waals surface area (Å²) in [5.74, 6) is -1.20. The average Bonchev–Trinajstić information content (AvgIpc) is 2.65. The van der Waals surface area contributed by atoms with Crippen LogP contribution in [0.2, 0.25) is 0 Å². The Labute approximate surface area is 151 Å². The molecule has 1 aliphatic carbocycles. The number of nitrogens with two attached hydrogens (primary N) is 1. The molecule has 2 aromatic rings. The summed E-state index contributed by atoms with van der Waals surface area (Å²) in [6.07, 6.45) is 4.47. The third-order valence-corrected chi connectivity index (χ3v) is 4.32. The first-order valence-electron chi connectivity index (χ1n) is 8.35. The third kappa shape index (κ3) is 4.22. The zero-order chi connectivity index (χ0) is 18.5. The van der Waals surface area contributed by atoms with Gasteiger partial charge in [0.1, 0.15) is 11.5 Å². The molecule has 0 fully saturated rings. The van der Waals surface area contributed by atoms with Crippen LogP contribution in [0.3, 0.4) is 0 Å². The number of ether oxygens (including phenoxy) is 1. The predicted molar refractivity (Wildman–Crippen MR) is 99.0 cm³/mol. The van der Waals surface area contributed by atoms with Gasteiger partial charge in [0.05, 0.1) is 11.8 Å². The molecule has 2 unspecified atom stereocenters. The highest BCUT2D eigenvalue weighted by molar-refractivity contribution is 5.95. The number of hydrogen-bond acceptors (Lipinski definition) is 4. The summed E-state index contributed by atoms with van der Waals surface area (Å²) in [5.41, 5.74) is 6.90. The molecule has 6 nitrogen and oxygen atoms in total. The van der Waals surface area contributed by atoms with Crippen LogP contribution < -0.4 is 15.8 Å². The zero-order valence-electron chi connectivity index (χ0n) is 14.1. The normalized spacial score (nSPS) is 18.9. The molecular weight excluding hydrogens is 332 g/mol. The van der Waals surface area contributed by atoms with Crippen molar-refractivity contribution in [2.45, 2.75) is 12.8 Å². The maximum absolute atomic E-state index is 12.4. The second-order valence-electron chi connectivity index (χ2n) is 6.18. The first-order valence-corrected chi connectivity index (χ1v) is 8.35. The number of aliphatic carboxylic acids is 1. The number of nitrogen functional groups attached to an aromatic ring is 1. The van der Waals surface area contributed by atoms with E-state index in [4.69, 9.17) is 10.5 Å². The molecule has 0 spiro atoms. The number of rotatable bonds is 5. The minimum atomic E-state index is -0.943. The van der Waals surface area contributed by atoms with Crippen molar-refractivity contribution in [3.63, 3.8) is 0 Å². The van der Waals surface area contributed by atoms with Gasteiger partial charge in [-0.1, -0.05) is 12.2 Å². The molecule has 1 aliphatic rings. The van der Waals surface area contributed by atoms with Gasteiger partial charge in [0.15, 0.2) is 0 Å². The van der Waals surface area contributed by atoms with E-state index >= 15 is 0 Å². The van der Waals surface area contributed by atoms with E-state index in [9.17, 15) is 14.7 Å². The van der Waals surface area contributed by atoms with Crippen LogP contribution >= 0.6 is 0 Å². The summed E-state index contributed by atoms with van der Waals surface area (Å²) in [6.45, 7) is 0. The quantitative estimate of drug-likeness (QED) is 0.563. The summed E-state index contributed by atoms with van der Waals surface area (Å²) in [4.78, 5) is 23.8. The van der Waals surface area contributed by atoms with E-state index < -0.39 is 17.8 Å². The van der Waals surface area contributed by atoms with Crippen LogP contribution in [-0.2, 0) is 9.59 Å². The molecule has 0 heterocycles. The Morgan fingerprint density at radius 3 is 2.04 bits per heavy atom. The fourth-order valence-corrected chi connectivity index (χ4v) is 2.89. The molecule has 1 amide bonds. The van der Waals surface area contributed by atoms with Crippen molar-refractivity contribution < 1.29 is 19.4 Å². The number of nitrogens with one attached hydrogen (secondary N) is 1. The van der Waals surface area contributed by atoms with Crippen LogP contribution in [-0.4, -0.2) is 17.0 Å². The first-order chi connectivity index (χ1) is 12.5. The van der Waals surface area contributed by atoms with E-state index in [0.29, 0.717) is 35.7 Å². The highest BCUT2D eigenvalue weighted by Gasteiger charge is 2.33. The number of amides is 1. The zero-order valence-corrected chi connectivity index (χ0v) is 14.1. The maximum atomic E-state index is 12.4. The van der Waals surface area contributed by atoms with E-state index in [0.717, 1.165) is 0 Å². The van der Waals surface area contributed by atoms with Crippen molar-refractivity contribution in [2.75, 3.05) is 11.1 Å². The third-order valence-electron chi connectivity index (χ3n) is 4.32. The second kappa shape index (κ2) is 7.74. The Morgan fingerprint density at radius 1 is 0.923 bits per heavy atom. The molecule has 2 aromatic carbocycles. The lowest BCUT2D eigenvalue weighted by molar-refractivity contribution is -0.146. The van der Waals surface area contributed by atoms with Crippen molar-refractivity contribution >= 4 is 23.3 Å². The Bertz CT molecular complexity index is 813. The van der Waals surface area contributed by atoms with E-state index in [1.165, 1.54) is 0 Å². The Balaban J connectivity index is 1.63. The summed E-state index contributed by atoms with van der Waals surface area (Å²) in [6, 6.07) is 14.0. The van der Waals surface area contributed by atoms with Gasteiger partial charge >= 0.3 is 5.97 Å². The number of carboxylic acid groups (broad SMARTS) is 1. The van der Waals surface area contributed by atoms with Gasteiger partial charge in [-0.25, -0.2) is 0 Å². The van der Waals surface area contributed by atoms with Gasteiger partial charge in [-0.05, 0) is 61.4 Å². The lowest BCUT2D eigenvalue weighted by Gasteiger charge is -2.24. The number of allylic oxidation sites excluding steroid dienone is 2. The Kier molecular flexibility index (Phi) is 5.22. The van der Waals surface area contributed by atoms with Crippen LogP contribution in [0.25, 0.3) is 0 Å². The highest BCUT2D eigenvalue weighted by atomic mass is 16.5. The van der Waals surface area contributed by atoms with Gasteiger partial charge in [-0.3, -0.25) is 9.59 Å². The molecule has 0 bridgehead atoms. The largest absolute Gasteiger partial charge is 0.481 e. The molecule has 2 atom stereocenters. The lowest BCUT2D eigenvalue weighted by Crippen LogP contribution is -2.34. The smallest absolute Gasteiger partial charge is 0.307 e. The number of hydrogen-bond donors (Lipinski definition) is 3. The SMILES string of the molecule is Nc1ccc(Oc2ccc(NC(=O)C3CC=CCC3C(=O)O)cc2)cc1. The molecule has 6 heteroatoms. The predicted octanol–water partition coefficient (Wildman–Crippen LogP) is 3.67. The minimum absolute atomic E-state index is 0.283. The van der Waals surface area contributed by atoms with Gasteiger partial charge in [0.25, 0.3) is 0 Å². The van der Waals surface area contributed by atoms with Gasteiger partial charge < -0.3 is 20.9 Å². The molecular formula is C20H20N2O4. The second-order valence-corrected chi connectivity index (χ2v) is 6.18. The monoisotopic (exact) mass is 352 g/mol. The number of carbonyl (C=O) groups is 2. The number of carbonyl (C=O) groups excluding carboxylic acids is 1. The number of anilines is 2. The van der Waals surface area contributed by atoms with Crippen molar-refractivity contribution in [3.05, 3.63) is 60.7 Å². The molecule has 134 valence electrons. The van der Waals surface area contributed by atoms with Gasteiger partial charge in [-0.2, -0.15) is 0 Å². The summed E-state index contributed by atoms with van der Waals surface area (Å²) in [5, 5.41) is 12.1. The van der Waals surface area contributed by atoms with Crippen molar-refractivity contribution in [2.24, 2.45) is 11.8 Å². The number of carboxylic acids is 1. The molecule has 4 N–H and O–H groups in total. The lowest BCUT2D eigenvalue weighted by atomic mass is 9.82. The van der Waals surface area contributed by atoms with Crippen LogP contribution in [0, 0.1) is 11.8 Å². The van der Waals surface area contributed by atoms with Gasteiger partial charge in [0.2, 0.25) is 5.91 Å². The maximum Gasteiger partial charge on any atom is 0.307 e. The van der Waals surface area contributed by atoms with Crippen molar-refractivity contribution in [3.8, 4) is 11.5 Å². The van der Waals surface area contributed by atoms with Crippen LogP contribution in [0.15, 0.2) is 60.7 Å². The fraction of sp³-hybridized carbons (Fsp3) is 0.200. The van der Waals surface area contributed by atoms with E-state index in [1.807, 2.05) is 12.2 Å². The summed E-state index contributed by atoms with van der Waals surface area (Å²) < 4.78 is 5.70. The molecule has 0 saturated heterocycles. The molecule has 26 heavy (non-hydrogen) atoms. The van der Waals surface area contributed by atoms with Gasteiger partial charge in [0, 0.05) is 11.4 Å². The Morgan fingerprint density at radius 2 is 1.46 bits per heavy atom. The van der Waals surface area contributed by atoms with Crippen LogP contribution in [0.4, 0.5) is 11.4 Å². The average molecular weight is 352 g/mol. The van der Waals surface area contributed by atoms with Crippen molar-refractivity contribution in [1.82, 2.24) is 0 Å². The van der Waals surface area contributed by atoms with E-state index in [1.54, 1.807) is 48.5 Å². The first kappa shape index (κ1) is 17.5. The topological polar surface area (TPSA) is 102 Å². The standard InChI is InChI=1S/C20H20N2O4/c21-13-5-9-15(10-6-13)26-16-11-7-14(8-12-16)22-19(23)17-3-1-2-4-18(17)20(24)25/h1-2,5-12,17-18H,3-4,21H2,(H,22,23)(H,24,25). The van der Waals surface area contributed by atoms with E-state index in [2.05, 4.69) is 5.32 Å². The number of benzene rings is 2. The summed E-state index contributed by atoms with van der Waals surface area (Å²) >= 11 is 0. The van der Waals surface area contributed by atoms with Gasteiger partial charge in [-0.15, -0.1) is 0 Å². The molecule has 0 aliphatic heterocycles. The fourth-order valence-electron chi connectivity index (χ4n) is 2.89. The minimum Gasteiger partial charge on any atom is -0.481 e. The van der Waals surface area contributed by atoms with E-state index in [-0.39, 0.29) is 5.91 Å². The Hall–Kier alpha value is -3.28. The van der Waals surface area contributed by atoms with Crippen LogP contribution in [0.5, 0.6) is 11.5 Å². The van der Waals surface area contributed by atoms with Crippen molar-refractivity contribution in [1.29, 1.82) is 0 Å².